The van der Waals surface area contributed by atoms with Crippen molar-refractivity contribution < 1.29 is 18.0 Å². The maximum Gasteiger partial charge on any atom is 0.373 e. The topological polar surface area (TPSA) is 93.5 Å². The molecule has 0 bridgehead atoms. The molecule has 2 aromatic rings. The van der Waals surface area contributed by atoms with Crippen molar-refractivity contribution in [2.24, 2.45) is 18.4 Å². The second-order valence-electron chi connectivity index (χ2n) is 9.65. The van der Waals surface area contributed by atoms with Crippen LogP contribution in [0.1, 0.15) is 43.7 Å². The molecule has 1 spiro atoms. The average Bonchev–Trinajstić information content (AvgIpc) is 3.24. The number of fused-ring (bicyclic) bond motifs is 1. The summed E-state index contributed by atoms with van der Waals surface area (Å²) in [6, 6.07) is 5.49. The number of hydrogen-bond donors (Lipinski definition) is 0. The van der Waals surface area contributed by atoms with Gasteiger partial charge in [0.15, 0.2) is 9.84 Å². The summed E-state index contributed by atoms with van der Waals surface area (Å²) >= 11 is 0. The third-order valence-corrected chi connectivity index (χ3v) is 8.87. The third kappa shape index (κ3) is 4.28. The average molecular weight is 483 g/mol. The van der Waals surface area contributed by atoms with Gasteiger partial charge in [-0.15, -0.1) is 0 Å². The highest BCUT2D eigenvalue weighted by Crippen LogP contribution is 2.61. The number of pyridine rings is 1. The molecular weight excluding hydrogens is 452 g/mol. The third-order valence-electron chi connectivity index (χ3n) is 7.76. The summed E-state index contributed by atoms with van der Waals surface area (Å²) in [5.74, 6) is 0.874. The molecule has 1 aromatic carbocycles. The molecule has 1 saturated heterocycles. The number of benzene rings is 1. The Morgan fingerprint density at radius 1 is 1.15 bits per heavy atom. The van der Waals surface area contributed by atoms with Gasteiger partial charge >= 0.3 is 6.15 Å². The fraction of sp³-hybridized carbons (Fsp3) is 0.462. The number of hydrogen-bond acceptors (Lipinski definition) is 6. The largest absolute Gasteiger partial charge is 0.373 e. The summed E-state index contributed by atoms with van der Waals surface area (Å²) in [6.45, 7) is 4.28. The zero-order valence-electron chi connectivity index (χ0n) is 19.8. The van der Waals surface area contributed by atoms with Gasteiger partial charge in [0.1, 0.15) is 0 Å². The summed E-state index contributed by atoms with van der Waals surface area (Å²) in [7, 11) is -1.57. The van der Waals surface area contributed by atoms with Crippen molar-refractivity contribution in [1.29, 1.82) is 0 Å². The van der Waals surface area contributed by atoms with Crippen molar-refractivity contribution >= 4 is 27.8 Å². The zero-order chi connectivity index (χ0) is 24.7. The number of aromatic nitrogens is 1. The van der Waals surface area contributed by atoms with Gasteiger partial charge in [0.25, 0.3) is 5.56 Å². The van der Waals surface area contributed by atoms with E-state index in [1.54, 1.807) is 23.7 Å². The Kier molecular flexibility index (Phi) is 6.40. The molecule has 7 nitrogen and oxygen atoms in total. The van der Waals surface area contributed by atoms with Gasteiger partial charge in [0.2, 0.25) is 0 Å². The van der Waals surface area contributed by atoms with Crippen LogP contribution in [-0.2, 0) is 32.9 Å². The number of sulfone groups is 1. The van der Waals surface area contributed by atoms with Crippen molar-refractivity contribution in [2.45, 2.75) is 43.9 Å². The fourth-order valence-corrected chi connectivity index (χ4v) is 6.41. The van der Waals surface area contributed by atoms with Crippen LogP contribution in [0.2, 0.25) is 0 Å². The van der Waals surface area contributed by atoms with E-state index in [1.165, 1.54) is 31.9 Å². The van der Waals surface area contributed by atoms with Gasteiger partial charge in [0.05, 0.1) is 4.90 Å². The van der Waals surface area contributed by atoms with Crippen LogP contribution in [0, 0.1) is 11.3 Å². The predicted molar refractivity (Wildman–Crippen MR) is 130 cm³/mol. The first-order valence-corrected chi connectivity index (χ1v) is 13.5. The maximum absolute atomic E-state index is 12.6. The quantitative estimate of drug-likeness (QED) is 0.663. The molecule has 0 N–H and O–H groups in total. The van der Waals surface area contributed by atoms with E-state index in [-0.39, 0.29) is 11.7 Å². The van der Waals surface area contributed by atoms with Gasteiger partial charge in [-0.2, -0.15) is 9.59 Å². The molecule has 1 unspecified atom stereocenters. The lowest BCUT2D eigenvalue weighted by Crippen LogP contribution is -2.35. The number of aryl methyl sites for hydroxylation is 1. The van der Waals surface area contributed by atoms with Crippen molar-refractivity contribution in [2.75, 3.05) is 24.2 Å². The first-order chi connectivity index (χ1) is 16.1. The van der Waals surface area contributed by atoms with Gasteiger partial charge in [0, 0.05) is 55.0 Å². The highest BCUT2D eigenvalue weighted by molar-refractivity contribution is 7.90. The summed E-state index contributed by atoms with van der Waals surface area (Å²) in [4.78, 5) is 31.6. The van der Waals surface area contributed by atoms with Crippen LogP contribution in [-0.4, -0.2) is 38.5 Å². The van der Waals surface area contributed by atoms with Crippen LogP contribution in [0.15, 0.2) is 40.2 Å². The molecule has 2 heterocycles. The van der Waals surface area contributed by atoms with E-state index >= 15 is 0 Å². The Balaban J connectivity index is 0.000000868. The summed E-state index contributed by atoms with van der Waals surface area (Å²) < 4.78 is 26.3. The van der Waals surface area contributed by atoms with E-state index in [0.717, 1.165) is 46.9 Å². The minimum absolute atomic E-state index is 0.0174. The highest BCUT2D eigenvalue weighted by atomic mass is 32.2. The molecule has 5 rings (SSSR count). The van der Waals surface area contributed by atoms with E-state index < -0.39 is 9.84 Å². The first-order valence-electron chi connectivity index (χ1n) is 11.6. The van der Waals surface area contributed by atoms with Crippen LogP contribution in [0.25, 0.3) is 17.2 Å². The maximum atomic E-state index is 12.6. The van der Waals surface area contributed by atoms with E-state index in [4.69, 9.17) is 9.59 Å². The molecule has 0 radical (unpaired) electrons. The number of allylic oxidation sites excluding steroid dienone is 1. The fourth-order valence-electron chi connectivity index (χ4n) is 5.76. The van der Waals surface area contributed by atoms with Crippen LogP contribution in [0.4, 0.5) is 5.69 Å². The zero-order valence-corrected chi connectivity index (χ0v) is 20.7. The Bertz CT molecular complexity index is 1340. The molecular formula is C26H30N2O5S. The first kappa shape index (κ1) is 24.2. The second kappa shape index (κ2) is 9.01. The monoisotopic (exact) mass is 482 g/mol. The van der Waals surface area contributed by atoms with Gasteiger partial charge in [-0.05, 0) is 60.8 Å². The molecule has 1 aromatic heterocycles. The Hall–Kier alpha value is -2.96. The molecule has 1 atom stereocenters. The predicted octanol–water partition coefficient (Wildman–Crippen LogP) is 3.46. The smallest absolute Gasteiger partial charge is 0.371 e. The van der Waals surface area contributed by atoms with E-state index in [0.29, 0.717) is 16.7 Å². The summed E-state index contributed by atoms with van der Waals surface area (Å²) in [6.07, 6.45) is 13.0. The molecule has 3 aliphatic rings. The van der Waals surface area contributed by atoms with Crippen molar-refractivity contribution in [3.05, 3.63) is 52.0 Å². The molecule has 0 amide bonds. The van der Waals surface area contributed by atoms with E-state index in [2.05, 4.69) is 11.8 Å². The molecule has 2 fully saturated rings. The summed E-state index contributed by atoms with van der Waals surface area (Å²) in [5, 5.41) is 0. The Morgan fingerprint density at radius 3 is 2.41 bits per heavy atom. The summed E-state index contributed by atoms with van der Waals surface area (Å²) in [5.41, 5.74) is 5.18. The van der Waals surface area contributed by atoms with Crippen molar-refractivity contribution in [3.63, 3.8) is 0 Å². The van der Waals surface area contributed by atoms with Crippen molar-refractivity contribution in [1.82, 2.24) is 4.57 Å². The lowest BCUT2D eigenvalue weighted by molar-refractivity contribution is -0.191. The van der Waals surface area contributed by atoms with Gasteiger partial charge in [-0.1, -0.05) is 25.5 Å². The standard InChI is InChI=1S/C25H30N2O3S.CO2/c1-4-17-15-25(17)10-12-27(13-11-25)23-9-8-18(31(3,29)30)14-21(23)22-16-26(2)24(28)20-7-5-6-19(20)22;2-1-3/h5-6,8-9,14,16-17H,4,7,10-13,15H2,1-3H3;. The number of piperidine rings is 1. The molecule has 1 saturated carbocycles. The van der Waals surface area contributed by atoms with Crippen LogP contribution in [0.5, 0.6) is 0 Å². The van der Waals surface area contributed by atoms with Crippen LogP contribution >= 0.6 is 0 Å². The normalized spacial score (nSPS) is 19.9. The molecule has 2 aliphatic carbocycles. The van der Waals surface area contributed by atoms with E-state index in [1.807, 2.05) is 24.4 Å². The number of anilines is 1. The van der Waals surface area contributed by atoms with Crippen LogP contribution in [0.3, 0.4) is 0 Å². The Labute approximate surface area is 200 Å². The van der Waals surface area contributed by atoms with E-state index in [9.17, 15) is 13.2 Å². The SMILES string of the molecule is CCC1CC12CCN(c1ccc(S(C)(=O)=O)cc1-c1cn(C)c(=O)c3c1C=CC3)CC2.O=C=O. The van der Waals surface area contributed by atoms with Gasteiger partial charge in [-0.25, -0.2) is 8.42 Å². The van der Waals surface area contributed by atoms with Gasteiger partial charge in [-0.3, -0.25) is 4.79 Å². The molecule has 180 valence electrons. The van der Waals surface area contributed by atoms with Gasteiger partial charge < -0.3 is 9.47 Å². The Morgan fingerprint density at radius 2 is 1.82 bits per heavy atom. The lowest BCUT2D eigenvalue weighted by Gasteiger charge is -2.36. The molecule has 34 heavy (non-hydrogen) atoms. The highest BCUT2D eigenvalue weighted by Gasteiger charge is 2.53. The minimum atomic E-state index is -3.34. The number of nitrogens with zero attached hydrogens (tertiary/aromatic N) is 2. The van der Waals surface area contributed by atoms with Crippen LogP contribution < -0.4 is 10.5 Å². The van der Waals surface area contributed by atoms with Crippen molar-refractivity contribution in [3.8, 4) is 11.1 Å². The lowest BCUT2D eigenvalue weighted by atomic mass is 9.89. The molecule has 8 heteroatoms. The molecule has 1 aliphatic heterocycles. The number of carbonyl (C=O) groups excluding carboxylic acids is 2. The minimum Gasteiger partial charge on any atom is -0.371 e. The number of rotatable bonds is 4. The second-order valence-corrected chi connectivity index (χ2v) is 11.7.